The van der Waals surface area contributed by atoms with Gasteiger partial charge in [-0.15, -0.1) is 0 Å². The van der Waals surface area contributed by atoms with E-state index in [1.54, 1.807) is 24.3 Å². The van der Waals surface area contributed by atoms with Crippen LogP contribution in [-0.4, -0.2) is 33.2 Å². The average Bonchev–Trinajstić information content (AvgIpc) is 3.10. The van der Waals surface area contributed by atoms with Crippen LogP contribution in [0.3, 0.4) is 0 Å². The highest BCUT2D eigenvalue weighted by molar-refractivity contribution is 6.08. The van der Waals surface area contributed by atoms with Crippen LogP contribution in [0.5, 0.6) is 0 Å². The lowest BCUT2D eigenvalue weighted by Crippen LogP contribution is -2.67. The highest BCUT2D eigenvalue weighted by Crippen LogP contribution is 2.39. The SMILES string of the molecule is O=C(N[C@@]1(C(F)(F)F)Nc2nc3ccccc3n2C1=O)c1ccccc1. The van der Waals surface area contributed by atoms with E-state index in [2.05, 4.69) is 10.3 Å². The third-order valence-electron chi connectivity index (χ3n) is 4.15. The summed E-state index contributed by atoms with van der Waals surface area (Å²) in [4.78, 5) is 29.0. The summed E-state index contributed by atoms with van der Waals surface area (Å²) in [5.74, 6) is -2.67. The fraction of sp³-hybridized carbons (Fsp3) is 0.118. The number of imidazole rings is 1. The zero-order chi connectivity index (χ0) is 18.5. The molecule has 9 heteroatoms. The Labute approximate surface area is 144 Å². The van der Waals surface area contributed by atoms with Gasteiger partial charge in [0.25, 0.3) is 17.5 Å². The largest absolute Gasteiger partial charge is 0.440 e. The number of aromatic nitrogens is 2. The zero-order valence-electron chi connectivity index (χ0n) is 13.0. The molecular weight excluding hydrogens is 349 g/mol. The number of anilines is 1. The second-order valence-electron chi connectivity index (χ2n) is 5.76. The van der Waals surface area contributed by atoms with Crippen molar-refractivity contribution in [3.63, 3.8) is 0 Å². The lowest BCUT2D eigenvalue weighted by Gasteiger charge is -2.30. The van der Waals surface area contributed by atoms with Crippen molar-refractivity contribution >= 4 is 28.8 Å². The van der Waals surface area contributed by atoms with Gasteiger partial charge in [0.15, 0.2) is 0 Å². The molecule has 1 aliphatic rings. The first-order valence-electron chi connectivity index (χ1n) is 7.58. The Morgan fingerprint density at radius 3 is 2.42 bits per heavy atom. The molecule has 4 rings (SSSR count). The number of nitrogens with one attached hydrogen (secondary N) is 2. The molecule has 1 aliphatic heterocycles. The number of halogens is 3. The first kappa shape index (κ1) is 16.1. The number of rotatable bonds is 2. The van der Waals surface area contributed by atoms with Crippen LogP contribution < -0.4 is 10.6 Å². The van der Waals surface area contributed by atoms with Gasteiger partial charge in [-0.2, -0.15) is 13.2 Å². The van der Waals surface area contributed by atoms with Crippen molar-refractivity contribution in [2.24, 2.45) is 0 Å². The van der Waals surface area contributed by atoms with Crippen molar-refractivity contribution in [3.05, 3.63) is 60.2 Å². The smallest absolute Gasteiger partial charge is 0.317 e. The lowest BCUT2D eigenvalue weighted by atomic mass is 10.1. The number of fused-ring (bicyclic) bond motifs is 3. The summed E-state index contributed by atoms with van der Waals surface area (Å²) < 4.78 is 42.4. The van der Waals surface area contributed by atoms with E-state index in [1.165, 1.54) is 30.3 Å². The van der Waals surface area contributed by atoms with Crippen molar-refractivity contribution < 1.29 is 22.8 Å². The quantitative estimate of drug-likeness (QED) is 0.737. The van der Waals surface area contributed by atoms with E-state index in [0.717, 1.165) is 4.57 Å². The maximum Gasteiger partial charge on any atom is 0.440 e. The first-order chi connectivity index (χ1) is 12.3. The predicted molar refractivity (Wildman–Crippen MR) is 86.7 cm³/mol. The number of amides is 1. The van der Waals surface area contributed by atoms with Crippen LogP contribution in [0.4, 0.5) is 19.1 Å². The molecule has 0 saturated heterocycles. The molecular formula is C17H11F3N4O2. The summed E-state index contributed by atoms with van der Waals surface area (Å²) in [6.07, 6.45) is -5.09. The summed E-state index contributed by atoms with van der Waals surface area (Å²) in [6, 6.07) is 13.7. The van der Waals surface area contributed by atoms with Crippen molar-refractivity contribution in [3.8, 4) is 0 Å². The number of carbonyl (C=O) groups is 2. The Hall–Kier alpha value is -3.36. The van der Waals surface area contributed by atoms with Gasteiger partial charge in [-0.1, -0.05) is 30.3 Å². The van der Waals surface area contributed by atoms with Crippen molar-refractivity contribution in [1.82, 2.24) is 14.9 Å². The number of hydrogen-bond acceptors (Lipinski definition) is 4. The standard InChI is InChI=1S/C17H11F3N4O2/c18-17(19,20)16(22-13(25)10-6-2-1-3-7-10)14(26)24-12-9-5-4-8-11(12)21-15(24)23-16/h1-9H,(H,21,23)(H,22,25)/t16-/m1/s1. The zero-order valence-corrected chi connectivity index (χ0v) is 13.0. The molecule has 6 nitrogen and oxygen atoms in total. The average molecular weight is 360 g/mol. The summed E-state index contributed by atoms with van der Waals surface area (Å²) in [6.45, 7) is 0. The van der Waals surface area contributed by atoms with Gasteiger partial charge < -0.3 is 10.6 Å². The minimum absolute atomic E-state index is 0.000114. The number of alkyl halides is 3. The Balaban J connectivity index is 1.79. The van der Waals surface area contributed by atoms with Crippen molar-refractivity contribution in [1.29, 1.82) is 0 Å². The molecule has 26 heavy (non-hydrogen) atoms. The summed E-state index contributed by atoms with van der Waals surface area (Å²) in [5.41, 5.74) is -2.69. The molecule has 1 aromatic heterocycles. The van der Waals surface area contributed by atoms with E-state index in [1.807, 2.05) is 5.32 Å². The van der Waals surface area contributed by atoms with Crippen LogP contribution in [-0.2, 0) is 0 Å². The Morgan fingerprint density at radius 1 is 1.08 bits per heavy atom. The minimum Gasteiger partial charge on any atom is -0.317 e. The number of hydrogen-bond donors (Lipinski definition) is 2. The highest BCUT2D eigenvalue weighted by Gasteiger charge is 2.66. The van der Waals surface area contributed by atoms with E-state index in [4.69, 9.17) is 0 Å². The molecule has 132 valence electrons. The molecule has 0 radical (unpaired) electrons. The molecule has 0 bridgehead atoms. The molecule has 0 saturated carbocycles. The minimum atomic E-state index is -5.09. The molecule has 0 fully saturated rings. The van der Waals surface area contributed by atoms with E-state index < -0.39 is 23.7 Å². The monoisotopic (exact) mass is 360 g/mol. The van der Waals surface area contributed by atoms with Crippen LogP contribution in [0.15, 0.2) is 54.6 Å². The van der Waals surface area contributed by atoms with Gasteiger partial charge in [-0.3, -0.25) is 9.59 Å². The Kier molecular flexibility index (Phi) is 3.30. The normalized spacial score (nSPS) is 19.3. The maximum atomic E-state index is 13.8. The van der Waals surface area contributed by atoms with E-state index in [0.29, 0.717) is 5.52 Å². The van der Waals surface area contributed by atoms with Gasteiger partial charge in [-0.05, 0) is 24.3 Å². The van der Waals surface area contributed by atoms with Crippen molar-refractivity contribution in [2.45, 2.75) is 11.8 Å². The van der Waals surface area contributed by atoms with Crippen LogP contribution >= 0.6 is 0 Å². The number of nitrogens with zero attached hydrogens (tertiary/aromatic N) is 2. The topological polar surface area (TPSA) is 76.0 Å². The predicted octanol–water partition coefficient (Wildman–Crippen LogP) is 2.79. The molecule has 1 atom stereocenters. The molecule has 0 unspecified atom stereocenters. The molecule has 0 aliphatic carbocycles. The Bertz CT molecular complexity index is 1030. The Morgan fingerprint density at radius 2 is 1.73 bits per heavy atom. The molecule has 2 aromatic carbocycles. The fourth-order valence-corrected chi connectivity index (χ4v) is 2.88. The first-order valence-corrected chi connectivity index (χ1v) is 7.58. The number of para-hydroxylation sites is 2. The summed E-state index contributed by atoms with van der Waals surface area (Å²) in [5, 5.41) is 3.88. The van der Waals surface area contributed by atoms with E-state index in [9.17, 15) is 22.8 Å². The van der Waals surface area contributed by atoms with Gasteiger partial charge in [0.05, 0.1) is 11.0 Å². The fourth-order valence-electron chi connectivity index (χ4n) is 2.88. The van der Waals surface area contributed by atoms with Crippen LogP contribution in [0, 0.1) is 0 Å². The molecule has 0 spiro atoms. The summed E-state index contributed by atoms with van der Waals surface area (Å²) >= 11 is 0. The van der Waals surface area contributed by atoms with Crippen LogP contribution in [0.25, 0.3) is 11.0 Å². The second-order valence-corrected chi connectivity index (χ2v) is 5.76. The number of benzene rings is 2. The lowest BCUT2D eigenvalue weighted by molar-refractivity contribution is -0.169. The van der Waals surface area contributed by atoms with Gasteiger partial charge in [0, 0.05) is 5.56 Å². The van der Waals surface area contributed by atoms with Crippen LogP contribution in [0.2, 0.25) is 0 Å². The molecule has 2 N–H and O–H groups in total. The van der Waals surface area contributed by atoms with Gasteiger partial charge in [0.2, 0.25) is 5.95 Å². The maximum absolute atomic E-state index is 13.8. The molecule has 3 aromatic rings. The van der Waals surface area contributed by atoms with Gasteiger partial charge >= 0.3 is 6.18 Å². The third-order valence-corrected chi connectivity index (χ3v) is 4.15. The van der Waals surface area contributed by atoms with Crippen LogP contribution in [0.1, 0.15) is 15.2 Å². The van der Waals surface area contributed by atoms with Crippen molar-refractivity contribution in [2.75, 3.05) is 5.32 Å². The molecule has 1 amide bonds. The van der Waals surface area contributed by atoms with Gasteiger partial charge in [0.1, 0.15) is 0 Å². The summed E-state index contributed by atoms with van der Waals surface area (Å²) in [7, 11) is 0. The number of carbonyl (C=O) groups excluding carboxylic acids is 2. The van der Waals surface area contributed by atoms with Gasteiger partial charge in [-0.25, -0.2) is 9.55 Å². The van der Waals surface area contributed by atoms with E-state index >= 15 is 0 Å². The second kappa shape index (κ2) is 5.32. The van der Waals surface area contributed by atoms with E-state index in [-0.39, 0.29) is 17.0 Å². The third kappa shape index (κ3) is 2.17. The molecule has 2 heterocycles. The highest BCUT2D eigenvalue weighted by atomic mass is 19.4.